The average molecular weight is 232 g/mol. The Labute approximate surface area is 112 Å². The maximum atomic E-state index is 11.0. The molecule has 0 atom stereocenters. The second kappa shape index (κ2) is 4.63. The van der Waals surface area contributed by atoms with Crippen LogP contribution in [0.2, 0.25) is 0 Å². The first-order chi connectivity index (χ1) is 6.59. The molecule has 0 radical (unpaired) electrons. The Kier molecular flexibility index (Phi) is 3.92. The molecule has 0 bridgehead atoms. The van der Waals surface area contributed by atoms with Crippen LogP contribution in [0.3, 0.4) is 0 Å². The molecule has 5 heteroatoms. The Morgan fingerprint density at radius 1 is 1.00 bits per heavy atom. The summed E-state index contributed by atoms with van der Waals surface area (Å²) in [7, 11) is -4.12. The van der Waals surface area contributed by atoms with Gasteiger partial charge in [0.2, 0.25) is 0 Å². The van der Waals surface area contributed by atoms with Gasteiger partial charge >= 0.3 is 29.6 Å². The van der Waals surface area contributed by atoms with E-state index in [1.165, 1.54) is 6.07 Å². The van der Waals surface area contributed by atoms with Crippen LogP contribution in [0.15, 0.2) is 47.4 Å². The average Bonchev–Trinajstić information content (AvgIpc) is 2.36. The fourth-order valence-corrected chi connectivity index (χ4v) is 2.11. The fraction of sp³-hybridized carbons (Fsp3) is 0. The third-order valence-corrected chi connectivity index (χ3v) is 2.94. The van der Waals surface area contributed by atoms with E-state index in [9.17, 15) is 8.42 Å². The van der Waals surface area contributed by atoms with Gasteiger partial charge in [0, 0.05) is 5.56 Å². The monoisotopic (exact) mass is 232 g/mol. The topological polar surface area (TPSA) is 54.4 Å². The van der Waals surface area contributed by atoms with Crippen molar-refractivity contribution in [2.75, 3.05) is 0 Å². The third-order valence-electron chi connectivity index (χ3n) is 2.03. The fourth-order valence-electron chi connectivity index (χ4n) is 1.41. The Bertz CT molecular complexity index is 542. The summed E-state index contributed by atoms with van der Waals surface area (Å²) in [6.07, 6.45) is 0. The van der Waals surface area contributed by atoms with Crippen LogP contribution in [0.1, 0.15) is 1.43 Å². The molecule has 0 aromatic rings. The minimum atomic E-state index is -4.12. The Morgan fingerprint density at radius 2 is 1.67 bits per heavy atom. The summed E-state index contributed by atoms with van der Waals surface area (Å²) in [6, 6.07) is 11.9. The van der Waals surface area contributed by atoms with Crippen molar-refractivity contribution in [3.63, 3.8) is 0 Å². The molecular weight excluding hydrogens is 223 g/mol. The molecule has 2 rings (SSSR count). The number of rotatable bonds is 1. The zero-order chi connectivity index (χ0) is 10.2. The van der Waals surface area contributed by atoms with Crippen molar-refractivity contribution in [3.8, 4) is 11.1 Å². The molecule has 0 spiro atoms. The molecule has 0 aliphatic heterocycles. The Balaban J connectivity index is 0.00000112. The van der Waals surface area contributed by atoms with Crippen LogP contribution in [0, 0.1) is 0 Å². The molecule has 74 valence electrons. The first-order valence-electron chi connectivity index (χ1n) is 4.04. The molecule has 2 aliphatic carbocycles. The molecule has 0 aromatic carbocycles. The summed E-state index contributed by atoms with van der Waals surface area (Å²) in [5.74, 6) is 0. The van der Waals surface area contributed by atoms with Gasteiger partial charge in [0.25, 0.3) is 10.1 Å². The first kappa shape index (κ1) is 12.7. The van der Waals surface area contributed by atoms with Gasteiger partial charge in [-0.1, -0.05) is 36.4 Å². The Hall–Kier alpha value is -0.390. The molecule has 2 aliphatic rings. The summed E-state index contributed by atoms with van der Waals surface area (Å²) >= 11 is 0. The van der Waals surface area contributed by atoms with E-state index in [0.29, 0.717) is 5.56 Å². The number of fused-ring (bicyclic) bond motifs is 1. The van der Waals surface area contributed by atoms with E-state index in [1.54, 1.807) is 30.3 Å². The van der Waals surface area contributed by atoms with Gasteiger partial charge in [-0.2, -0.15) is 8.42 Å². The van der Waals surface area contributed by atoms with Crippen molar-refractivity contribution in [1.29, 1.82) is 0 Å². The van der Waals surface area contributed by atoms with Crippen LogP contribution < -0.4 is 29.6 Å². The number of hydrogen-bond acceptors (Lipinski definition) is 2. The third kappa shape index (κ3) is 2.59. The standard InChI is InChI=1S/C10H8O3S.Na.H/c11-14(12,13)10-7-6-8-4-2-1-3-5-9(8)10;;/h1-7H,(H,11,12,13);;/q;+1;-1. The van der Waals surface area contributed by atoms with E-state index in [-0.39, 0.29) is 35.9 Å². The van der Waals surface area contributed by atoms with Crippen LogP contribution in [-0.2, 0) is 10.1 Å². The van der Waals surface area contributed by atoms with E-state index in [4.69, 9.17) is 4.55 Å². The van der Waals surface area contributed by atoms with Gasteiger partial charge in [0.05, 0.1) is 0 Å². The van der Waals surface area contributed by atoms with Gasteiger partial charge in [0.15, 0.2) is 0 Å². The van der Waals surface area contributed by atoms with Gasteiger partial charge in [-0.3, -0.25) is 4.55 Å². The quantitative estimate of drug-likeness (QED) is 0.515. The Morgan fingerprint density at radius 3 is 2.33 bits per heavy atom. The minimum Gasteiger partial charge on any atom is -1.00 e. The van der Waals surface area contributed by atoms with E-state index >= 15 is 0 Å². The smallest absolute Gasteiger partial charge is 1.00 e. The predicted octanol–water partition coefficient (Wildman–Crippen LogP) is -0.845. The first-order valence-corrected chi connectivity index (χ1v) is 5.48. The molecule has 0 saturated carbocycles. The zero-order valence-electron chi connectivity index (χ0n) is 9.21. The van der Waals surface area contributed by atoms with E-state index < -0.39 is 10.1 Å². The molecule has 0 saturated heterocycles. The molecule has 0 unspecified atom stereocenters. The molecule has 0 heterocycles. The molecule has 15 heavy (non-hydrogen) atoms. The molecule has 1 N–H and O–H groups in total. The van der Waals surface area contributed by atoms with Crippen molar-refractivity contribution in [1.82, 2.24) is 0 Å². The second-order valence-corrected chi connectivity index (χ2v) is 4.34. The largest absolute Gasteiger partial charge is 1.00 e. The summed E-state index contributed by atoms with van der Waals surface area (Å²) in [4.78, 5) is -0.0382. The maximum absolute atomic E-state index is 11.0. The van der Waals surface area contributed by atoms with Crippen LogP contribution in [0.5, 0.6) is 0 Å². The van der Waals surface area contributed by atoms with Gasteiger partial charge in [-0.15, -0.1) is 0 Å². The molecular formula is C10H9NaO3S. The van der Waals surface area contributed by atoms with Crippen molar-refractivity contribution in [2.45, 2.75) is 4.90 Å². The molecule has 0 amide bonds. The second-order valence-electron chi connectivity index (χ2n) is 2.95. The van der Waals surface area contributed by atoms with Crippen molar-refractivity contribution < 1.29 is 44.0 Å². The molecule has 3 nitrogen and oxygen atoms in total. The van der Waals surface area contributed by atoms with E-state index in [0.717, 1.165) is 5.56 Å². The summed E-state index contributed by atoms with van der Waals surface area (Å²) in [6.45, 7) is 0. The van der Waals surface area contributed by atoms with E-state index in [2.05, 4.69) is 0 Å². The van der Waals surface area contributed by atoms with Crippen LogP contribution in [0.4, 0.5) is 0 Å². The van der Waals surface area contributed by atoms with Gasteiger partial charge in [-0.25, -0.2) is 0 Å². The van der Waals surface area contributed by atoms with Crippen molar-refractivity contribution >= 4 is 10.1 Å². The predicted molar refractivity (Wildman–Crippen MR) is 54.0 cm³/mol. The SMILES string of the molecule is O=S(=O)(O)c1ccc2cccccc1-2.[H-].[Na+]. The number of hydrogen-bond donors (Lipinski definition) is 1. The van der Waals surface area contributed by atoms with Crippen LogP contribution >= 0.6 is 0 Å². The summed E-state index contributed by atoms with van der Waals surface area (Å²) < 4.78 is 30.9. The van der Waals surface area contributed by atoms with Crippen LogP contribution in [0.25, 0.3) is 11.1 Å². The molecule has 0 fully saturated rings. The van der Waals surface area contributed by atoms with Crippen molar-refractivity contribution in [3.05, 3.63) is 42.5 Å². The van der Waals surface area contributed by atoms with Gasteiger partial charge in [-0.05, 0) is 11.6 Å². The van der Waals surface area contributed by atoms with E-state index in [1.807, 2.05) is 6.07 Å². The maximum Gasteiger partial charge on any atom is 1.00 e. The zero-order valence-corrected chi connectivity index (χ0v) is 11.0. The summed E-state index contributed by atoms with van der Waals surface area (Å²) in [5.41, 5.74) is 1.33. The minimum absolute atomic E-state index is 0. The van der Waals surface area contributed by atoms with Gasteiger partial charge in [0.1, 0.15) is 4.90 Å². The van der Waals surface area contributed by atoms with Crippen LogP contribution in [-0.4, -0.2) is 13.0 Å². The van der Waals surface area contributed by atoms with Crippen molar-refractivity contribution in [2.24, 2.45) is 0 Å². The summed E-state index contributed by atoms with van der Waals surface area (Å²) in [5, 5.41) is 0. The van der Waals surface area contributed by atoms with Gasteiger partial charge < -0.3 is 1.43 Å². The normalized spacial score (nSPS) is 11.0. The molecule has 0 aromatic heterocycles.